The summed E-state index contributed by atoms with van der Waals surface area (Å²) < 4.78 is 5.46. The van der Waals surface area contributed by atoms with Crippen LogP contribution in [0.15, 0.2) is 36.2 Å². The number of rotatable bonds is 2. The predicted molar refractivity (Wildman–Crippen MR) is 58.0 cm³/mol. The normalized spacial score (nSPS) is 19.7. The molecular formula is C12H15NO2. The molecule has 1 aromatic carbocycles. The summed E-state index contributed by atoms with van der Waals surface area (Å²) >= 11 is 0. The Labute approximate surface area is 89.4 Å². The van der Waals surface area contributed by atoms with Gasteiger partial charge in [0.25, 0.3) is 0 Å². The second kappa shape index (κ2) is 3.85. The number of aromatic hydroxyl groups is 1. The summed E-state index contributed by atoms with van der Waals surface area (Å²) in [6.45, 7) is 4.19. The third-order valence-corrected chi connectivity index (χ3v) is 2.47. The summed E-state index contributed by atoms with van der Waals surface area (Å²) in [6, 6.07) is 7.19. The highest BCUT2D eigenvalue weighted by molar-refractivity contribution is 5.34. The molecule has 1 heterocycles. The maximum Gasteiger partial charge on any atom is 0.199 e. The van der Waals surface area contributed by atoms with Crippen LogP contribution in [0.2, 0.25) is 0 Å². The summed E-state index contributed by atoms with van der Waals surface area (Å²) in [4.78, 5) is 0. The van der Waals surface area contributed by atoms with Crippen LogP contribution in [-0.4, -0.2) is 5.11 Å². The highest BCUT2D eigenvalue weighted by Crippen LogP contribution is 2.30. The van der Waals surface area contributed by atoms with Gasteiger partial charge in [-0.15, -0.1) is 0 Å². The number of hydrogen-bond donors (Lipinski definition) is 2. The summed E-state index contributed by atoms with van der Waals surface area (Å²) in [5.41, 5.74) is 1.83. The average molecular weight is 205 g/mol. The molecule has 1 unspecified atom stereocenters. The minimum atomic E-state index is -0.261. The summed E-state index contributed by atoms with van der Waals surface area (Å²) in [5, 5.41) is 12.9. The van der Waals surface area contributed by atoms with E-state index >= 15 is 0 Å². The van der Waals surface area contributed by atoms with Gasteiger partial charge in [-0.25, -0.2) is 0 Å². The lowest BCUT2D eigenvalue weighted by Crippen LogP contribution is -2.18. The van der Waals surface area contributed by atoms with E-state index in [1.54, 1.807) is 18.4 Å². The fraction of sp³-hybridized carbons (Fsp3) is 0.333. The van der Waals surface area contributed by atoms with Gasteiger partial charge in [0.15, 0.2) is 6.23 Å². The van der Waals surface area contributed by atoms with Crippen LogP contribution in [-0.2, 0) is 4.74 Å². The first-order chi connectivity index (χ1) is 7.18. The molecule has 0 fully saturated rings. The van der Waals surface area contributed by atoms with Gasteiger partial charge in [-0.1, -0.05) is 26.0 Å². The van der Waals surface area contributed by atoms with Gasteiger partial charge in [0.05, 0.1) is 11.3 Å². The van der Waals surface area contributed by atoms with Crippen molar-refractivity contribution in [1.82, 2.24) is 5.32 Å². The van der Waals surface area contributed by atoms with Gasteiger partial charge in [0.1, 0.15) is 12.0 Å². The Kier molecular flexibility index (Phi) is 2.54. The Morgan fingerprint density at radius 1 is 1.33 bits per heavy atom. The van der Waals surface area contributed by atoms with E-state index < -0.39 is 0 Å². The molecule has 0 amide bonds. The summed E-state index contributed by atoms with van der Waals surface area (Å²) in [5.74, 6) is 0.661. The van der Waals surface area contributed by atoms with Gasteiger partial charge in [-0.3, -0.25) is 0 Å². The van der Waals surface area contributed by atoms with Gasteiger partial charge in [-0.2, -0.15) is 0 Å². The molecule has 3 nitrogen and oxygen atoms in total. The molecule has 2 rings (SSSR count). The fourth-order valence-electron chi connectivity index (χ4n) is 1.52. The van der Waals surface area contributed by atoms with Crippen molar-refractivity contribution < 1.29 is 9.84 Å². The molecule has 0 saturated heterocycles. The van der Waals surface area contributed by atoms with Gasteiger partial charge < -0.3 is 15.2 Å². The van der Waals surface area contributed by atoms with E-state index in [1.165, 1.54) is 0 Å². The third-order valence-electron chi connectivity index (χ3n) is 2.47. The van der Waals surface area contributed by atoms with Crippen molar-refractivity contribution in [1.29, 1.82) is 0 Å². The zero-order valence-electron chi connectivity index (χ0n) is 8.90. The highest BCUT2D eigenvalue weighted by Gasteiger charge is 2.22. The largest absolute Gasteiger partial charge is 0.507 e. The van der Waals surface area contributed by atoms with Crippen molar-refractivity contribution >= 4 is 0 Å². The van der Waals surface area contributed by atoms with Crippen LogP contribution in [0.25, 0.3) is 0 Å². The zero-order valence-corrected chi connectivity index (χ0v) is 8.90. The molecule has 0 bridgehead atoms. The Morgan fingerprint density at radius 3 is 2.67 bits per heavy atom. The molecule has 1 aromatic rings. The zero-order chi connectivity index (χ0) is 10.8. The lowest BCUT2D eigenvalue weighted by atomic mass is 10.1. The van der Waals surface area contributed by atoms with E-state index in [1.807, 2.05) is 12.1 Å². The number of benzene rings is 1. The van der Waals surface area contributed by atoms with Crippen molar-refractivity contribution in [3.63, 3.8) is 0 Å². The van der Waals surface area contributed by atoms with Gasteiger partial charge in [0, 0.05) is 0 Å². The SMILES string of the molecule is CC(C)C1=COC(c2ccccc2O)N1. The Balaban J connectivity index is 2.14. The van der Waals surface area contributed by atoms with Crippen molar-refractivity contribution in [3.05, 3.63) is 41.8 Å². The van der Waals surface area contributed by atoms with E-state index in [9.17, 15) is 5.11 Å². The highest BCUT2D eigenvalue weighted by atomic mass is 16.5. The Morgan fingerprint density at radius 2 is 2.07 bits per heavy atom. The quantitative estimate of drug-likeness (QED) is 0.779. The van der Waals surface area contributed by atoms with Crippen molar-refractivity contribution in [2.24, 2.45) is 5.92 Å². The molecular weight excluding hydrogens is 190 g/mol. The third kappa shape index (κ3) is 1.91. The van der Waals surface area contributed by atoms with Crippen LogP contribution < -0.4 is 5.32 Å². The van der Waals surface area contributed by atoms with Crippen LogP contribution in [0, 0.1) is 5.92 Å². The van der Waals surface area contributed by atoms with E-state index in [0.717, 1.165) is 11.3 Å². The van der Waals surface area contributed by atoms with Crippen LogP contribution in [0.3, 0.4) is 0 Å². The first kappa shape index (κ1) is 9.90. The second-order valence-corrected chi connectivity index (χ2v) is 3.95. The molecule has 0 aromatic heterocycles. The number of para-hydroxylation sites is 1. The van der Waals surface area contributed by atoms with Crippen molar-refractivity contribution in [2.45, 2.75) is 20.1 Å². The molecule has 0 radical (unpaired) electrons. The fourth-order valence-corrected chi connectivity index (χ4v) is 1.52. The van der Waals surface area contributed by atoms with E-state index in [2.05, 4.69) is 19.2 Å². The molecule has 15 heavy (non-hydrogen) atoms. The molecule has 1 atom stereocenters. The van der Waals surface area contributed by atoms with Crippen molar-refractivity contribution in [2.75, 3.05) is 0 Å². The Hall–Kier alpha value is -1.64. The smallest absolute Gasteiger partial charge is 0.199 e. The van der Waals surface area contributed by atoms with Crippen LogP contribution >= 0.6 is 0 Å². The molecule has 0 aliphatic carbocycles. The first-order valence-electron chi connectivity index (χ1n) is 5.08. The first-order valence-corrected chi connectivity index (χ1v) is 5.08. The number of phenols is 1. The van der Waals surface area contributed by atoms with Crippen LogP contribution in [0.4, 0.5) is 0 Å². The molecule has 2 N–H and O–H groups in total. The molecule has 1 aliphatic heterocycles. The second-order valence-electron chi connectivity index (χ2n) is 3.95. The lowest BCUT2D eigenvalue weighted by Gasteiger charge is -2.15. The topological polar surface area (TPSA) is 41.5 Å². The maximum absolute atomic E-state index is 9.65. The average Bonchev–Trinajstić information content (AvgIpc) is 2.67. The standard InChI is InChI=1S/C12H15NO2/c1-8(2)10-7-15-12(13-10)9-5-3-4-6-11(9)14/h3-8,12-14H,1-2H3. The van der Waals surface area contributed by atoms with Gasteiger partial charge >= 0.3 is 0 Å². The van der Waals surface area contributed by atoms with E-state index in [-0.39, 0.29) is 12.0 Å². The molecule has 0 spiro atoms. The monoisotopic (exact) mass is 205 g/mol. The van der Waals surface area contributed by atoms with E-state index in [4.69, 9.17) is 4.74 Å². The van der Waals surface area contributed by atoms with E-state index in [0.29, 0.717) is 5.92 Å². The molecule has 3 heteroatoms. The number of hydrogen-bond acceptors (Lipinski definition) is 3. The molecule has 0 saturated carbocycles. The van der Waals surface area contributed by atoms with Crippen molar-refractivity contribution in [3.8, 4) is 5.75 Å². The predicted octanol–water partition coefficient (Wildman–Crippen LogP) is 2.51. The Bertz CT molecular complexity index is 385. The lowest BCUT2D eigenvalue weighted by molar-refractivity contribution is 0.150. The summed E-state index contributed by atoms with van der Waals surface area (Å²) in [7, 11) is 0. The molecule has 1 aliphatic rings. The number of allylic oxidation sites excluding steroid dienone is 1. The molecule has 80 valence electrons. The number of phenolic OH excluding ortho intramolecular Hbond substituents is 1. The van der Waals surface area contributed by atoms with Gasteiger partial charge in [0.2, 0.25) is 0 Å². The minimum Gasteiger partial charge on any atom is -0.507 e. The van der Waals surface area contributed by atoms with Gasteiger partial charge in [-0.05, 0) is 18.1 Å². The maximum atomic E-state index is 9.65. The van der Waals surface area contributed by atoms with Crippen LogP contribution in [0.1, 0.15) is 25.6 Å². The number of ether oxygens (including phenoxy) is 1. The van der Waals surface area contributed by atoms with Crippen LogP contribution in [0.5, 0.6) is 5.75 Å². The minimum absolute atomic E-state index is 0.258. The number of nitrogens with one attached hydrogen (secondary N) is 1. The summed E-state index contributed by atoms with van der Waals surface area (Å²) in [6.07, 6.45) is 1.46.